The molecule has 0 radical (unpaired) electrons. The van der Waals surface area contributed by atoms with Crippen molar-refractivity contribution in [2.75, 3.05) is 13.2 Å². The van der Waals surface area contributed by atoms with Gasteiger partial charge in [-0.3, -0.25) is 4.90 Å². The molecule has 1 aliphatic heterocycles. The number of hydrogen-bond acceptors (Lipinski definition) is 3. The second-order valence-corrected chi connectivity index (χ2v) is 5.76. The minimum Gasteiger partial charge on any atom is -0.396 e. The lowest BCUT2D eigenvalue weighted by Crippen LogP contribution is -2.39. The van der Waals surface area contributed by atoms with E-state index in [1.165, 1.54) is 24.8 Å². The maximum Gasteiger partial charge on any atom is 0.0645 e. The Morgan fingerprint density at radius 1 is 1.19 bits per heavy atom. The van der Waals surface area contributed by atoms with Gasteiger partial charge in [0.05, 0.1) is 11.9 Å². The molecule has 1 atom stereocenters. The fraction of sp³-hybridized carbons (Fsp3) is 0.471. The van der Waals surface area contributed by atoms with Crippen LogP contribution in [0.3, 0.4) is 0 Å². The molecule has 1 aromatic carbocycles. The van der Waals surface area contributed by atoms with Crippen LogP contribution in [0.2, 0.25) is 0 Å². The Morgan fingerprint density at radius 2 is 2.05 bits per heavy atom. The Kier molecular flexibility index (Phi) is 4.68. The summed E-state index contributed by atoms with van der Waals surface area (Å²) in [5.74, 6) is 0. The lowest BCUT2D eigenvalue weighted by Gasteiger charge is -2.35. The lowest BCUT2D eigenvalue weighted by atomic mass is 9.99. The van der Waals surface area contributed by atoms with Crippen molar-refractivity contribution in [3.8, 4) is 5.69 Å². The van der Waals surface area contributed by atoms with Gasteiger partial charge >= 0.3 is 0 Å². The molecule has 4 nitrogen and oxygen atoms in total. The Labute approximate surface area is 126 Å². The van der Waals surface area contributed by atoms with Gasteiger partial charge in [-0.05, 0) is 37.9 Å². The Morgan fingerprint density at radius 3 is 2.86 bits per heavy atom. The van der Waals surface area contributed by atoms with E-state index in [4.69, 9.17) is 0 Å². The number of nitrogens with zero attached hydrogens (tertiary/aromatic N) is 3. The number of aliphatic hydroxyl groups excluding tert-OH is 1. The first-order valence-corrected chi connectivity index (χ1v) is 7.80. The van der Waals surface area contributed by atoms with Crippen molar-refractivity contribution in [2.24, 2.45) is 0 Å². The zero-order valence-corrected chi connectivity index (χ0v) is 12.4. The van der Waals surface area contributed by atoms with Gasteiger partial charge in [0.25, 0.3) is 0 Å². The predicted octanol–water partition coefficient (Wildman–Crippen LogP) is 2.61. The minimum atomic E-state index is 0.282. The third kappa shape index (κ3) is 3.52. The molecule has 1 aliphatic rings. The second kappa shape index (κ2) is 6.87. The zero-order chi connectivity index (χ0) is 14.5. The zero-order valence-electron chi connectivity index (χ0n) is 12.4. The smallest absolute Gasteiger partial charge is 0.0645 e. The van der Waals surface area contributed by atoms with Crippen LogP contribution in [0.4, 0.5) is 0 Å². The van der Waals surface area contributed by atoms with Gasteiger partial charge in [-0.15, -0.1) is 0 Å². The SMILES string of the molecule is OCCC1CCCCN1Cc1cnn(-c2ccccc2)c1. The summed E-state index contributed by atoms with van der Waals surface area (Å²) >= 11 is 0. The third-order valence-corrected chi connectivity index (χ3v) is 4.25. The van der Waals surface area contributed by atoms with Gasteiger partial charge in [-0.2, -0.15) is 5.10 Å². The quantitative estimate of drug-likeness (QED) is 0.918. The lowest BCUT2D eigenvalue weighted by molar-refractivity contribution is 0.112. The highest BCUT2D eigenvalue weighted by molar-refractivity contribution is 5.30. The topological polar surface area (TPSA) is 41.3 Å². The normalized spacial score (nSPS) is 19.8. The van der Waals surface area contributed by atoms with Crippen molar-refractivity contribution in [3.05, 3.63) is 48.3 Å². The first-order valence-electron chi connectivity index (χ1n) is 7.80. The van der Waals surface area contributed by atoms with E-state index in [-0.39, 0.29) is 6.61 Å². The third-order valence-electron chi connectivity index (χ3n) is 4.25. The first kappa shape index (κ1) is 14.3. The highest BCUT2D eigenvalue weighted by Crippen LogP contribution is 2.22. The highest BCUT2D eigenvalue weighted by atomic mass is 16.3. The van der Waals surface area contributed by atoms with E-state index in [0.29, 0.717) is 6.04 Å². The molecule has 2 heterocycles. The summed E-state index contributed by atoms with van der Waals surface area (Å²) in [5, 5.41) is 13.7. The van der Waals surface area contributed by atoms with Gasteiger partial charge in [0.15, 0.2) is 0 Å². The number of benzene rings is 1. The van der Waals surface area contributed by atoms with Crippen LogP contribution in [0.5, 0.6) is 0 Å². The Hall–Kier alpha value is -1.65. The molecular weight excluding hydrogens is 262 g/mol. The first-order chi connectivity index (χ1) is 10.4. The molecule has 0 aliphatic carbocycles. The van der Waals surface area contributed by atoms with Gasteiger partial charge in [-0.1, -0.05) is 24.6 Å². The van der Waals surface area contributed by atoms with Gasteiger partial charge in [0.2, 0.25) is 0 Å². The van der Waals surface area contributed by atoms with Crippen molar-refractivity contribution >= 4 is 0 Å². The van der Waals surface area contributed by atoms with Crippen LogP contribution in [0.15, 0.2) is 42.7 Å². The Bertz CT molecular complexity index is 550. The van der Waals surface area contributed by atoms with E-state index in [0.717, 1.165) is 25.2 Å². The molecule has 1 saturated heterocycles. The number of aromatic nitrogens is 2. The average molecular weight is 285 g/mol. The number of para-hydroxylation sites is 1. The highest BCUT2D eigenvalue weighted by Gasteiger charge is 2.22. The van der Waals surface area contributed by atoms with Crippen molar-refractivity contribution in [1.82, 2.24) is 14.7 Å². The van der Waals surface area contributed by atoms with Crippen LogP contribution in [0.1, 0.15) is 31.2 Å². The molecule has 2 aromatic rings. The molecule has 1 aromatic heterocycles. The molecule has 0 saturated carbocycles. The fourth-order valence-corrected chi connectivity index (χ4v) is 3.14. The van der Waals surface area contributed by atoms with E-state index in [2.05, 4.69) is 28.3 Å². The van der Waals surface area contributed by atoms with E-state index in [9.17, 15) is 5.11 Å². The van der Waals surface area contributed by atoms with E-state index in [1.54, 1.807) is 0 Å². The van der Waals surface area contributed by atoms with Crippen molar-refractivity contribution in [2.45, 2.75) is 38.3 Å². The van der Waals surface area contributed by atoms with E-state index in [1.807, 2.05) is 29.1 Å². The van der Waals surface area contributed by atoms with Gasteiger partial charge in [0, 0.05) is 31.0 Å². The molecule has 112 valence electrons. The standard InChI is InChI=1S/C17H23N3O/c21-11-9-16-6-4-5-10-19(16)13-15-12-18-20(14-15)17-7-2-1-3-8-17/h1-3,7-8,12,14,16,21H,4-6,9-11,13H2. The molecule has 1 unspecified atom stereocenters. The summed E-state index contributed by atoms with van der Waals surface area (Å²) in [6, 6.07) is 10.7. The largest absolute Gasteiger partial charge is 0.396 e. The summed E-state index contributed by atoms with van der Waals surface area (Å²) in [7, 11) is 0. The van der Waals surface area contributed by atoms with Crippen molar-refractivity contribution in [3.63, 3.8) is 0 Å². The monoisotopic (exact) mass is 285 g/mol. The molecule has 0 bridgehead atoms. The van der Waals surface area contributed by atoms with Crippen LogP contribution in [0.25, 0.3) is 5.69 Å². The van der Waals surface area contributed by atoms with Crippen LogP contribution < -0.4 is 0 Å². The summed E-state index contributed by atoms with van der Waals surface area (Å²) in [5.41, 5.74) is 2.33. The number of hydrogen-bond donors (Lipinski definition) is 1. The average Bonchev–Trinajstić information content (AvgIpc) is 2.99. The van der Waals surface area contributed by atoms with Crippen LogP contribution in [0, 0.1) is 0 Å². The molecule has 3 rings (SSSR count). The fourth-order valence-electron chi connectivity index (χ4n) is 3.14. The van der Waals surface area contributed by atoms with Crippen molar-refractivity contribution in [1.29, 1.82) is 0 Å². The van der Waals surface area contributed by atoms with Crippen LogP contribution in [-0.2, 0) is 6.54 Å². The number of aliphatic hydroxyl groups is 1. The van der Waals surface area contributed by atoms with Gasteiger partial charge in [0.1, 0.15) is 0 Å². The predicted molar refractivity (Wildman–Crippen MR) is 83.3 cm³/mol. The summed E-state index contributed by atoms with van der Waals surface area (Å²) < 4.78 is 1.93. The molecule has 4 heteroatoms. The van der Waals surface area contributed by atoms with E-state index >= 15 is 0 Å². The molecular formula is C17H23N3O. The summed E-state index contributed by atoms with van der Waals surface area (Å²) in [6.07, 6.45) is 8.69. The molecule has 0 amide bonds. The molecule has 0 spiro atoms. The van der Waals surface area contributed by atoms with Crippen LogP contribution in [-0.4, -0.2) is 39.0 Å². The number of likely N-dealkylation sites (tertiary alicyclic amines) is 1. The number of piperidine rings is 1. The van der Waals surface area contributed by atoms with Gasteiger partial charge < -0.3 is 5.11 Å². The maximum absolute atomic E-state index is 9.21. The van der Waals surface area contributed by atoms with Crippen molar-refractivity contribution < 1.29 is 5.11 Å². The Balaban J connectivity index is 1.69. The molecule has 21 heavy (non-hydrogen) atoms. The minimum absolute atomic E-state index is 0.282. The van der Waals surface area contributed by atoms with Crippen LogP contribution >= 0.6 is 0 Å². The van der Waals surface area contributed by atoms with E-state index < -0.39 is 0 Å². The molecule has 1 fully saturated rings. The number of rotatable bonds is 5. The summed E-state index contributed by atoms with van der Waals surface area (Å²) in [6.45, 7) is 2.34. The molecule has 1 N–H and O–H groups in total. The van der Waals surface area contributed by atoms with Gasteiger partial charge in [-0.25, -0.2) is 4.68 Å². The second-order valence-electron chi connectivity index (χ2n) is 5.76. The summed E-state index contributed by atoms with van der Waals surface area (Å²) in [4.78, 5) is 2.49. The maximum atomic E-state index is 9.21.